The van der Waals surface area contributed by atoms with Gasteiger partial charge in [-0.3, -0.25) is 5.10 Å². The summed E-state index contributed by atoms with van der Waals surface area (Å²) in [4.78, 5) is 7.78. The Morgan fingerprint density at radius 3 is 2.88 bits per heavy atom. The van der Waals surface area contributed by atoms with Crippen molar-refractivity contribution < 1.29 is 4.74 Å². The average Bonchev–Trinajstić information content (AvgIpc) is 2.93. The van der Waals surface area contributed by atoms with Gasteiger partial charge in [-0.05, 0) is 19.1 Å². The van der Waals surface area contributed by atoms with E-state index in [0.29, 0.717) is 0 Å². The Bertz CT molecular complexity index is 668. The SMILES string of the molecule is COc1ccc2nc(-c3cn[nH]c3C)[nH]c2c1. The lowest BCUT2D eigenvalue weighted by Crippen LogP contribution is -1.81. The zero-order valence-corrected chi connectivity index (χ0v) is 9.61. The number of nitrogens with zero attached hydrogens (tertiary/aromatic N) is 2. The zero-order valence-electron chi connectivity index (χ0n) is 9.61. The lowest BCUT2D eigenvalue weighted by Gasteiger charge is -1.96. The highest BCUT2D eigenvalue weighted by Crippen LogP contribution is 2.24. The maximum atomic E-state index is 5.18. The molecule has 2 heterocycles. The number of H-pyrrole nitrogens is 2. The van der Waals surface area contributed by atoms with Crippen LogP contribution >= 0.6 is 0 Å². The van der Waals surface area contributed by atoms with Crippen LogP contribution in [-0.2, 0) is 0 Å². The summed E-state index contributed by atoms with van der Waals surface area (Å²) in [5.41, 5.74) is 3.86. The summed E-state index contributed by atoms with van der Waals surface area (Å²) < 4.78 is 5.18. The Kier molecular flexibility index (Phi) is 2.11. The van der Waals surface area contributed by atoms with E-state index in [-0.39, 0.29) is 0 Å². The van der Waals surface area contributed by atoms with Gasteiger partial charge in [0.05, 0.1) is 29.9 Å². The van der Waals surface area contributed by atoms with E-state index in [1.807, 2.05) is 25.1 Å². The second-order valence-electron chi connectivity index (χ2n) is 3.88. The Balaban J connectivity index is 2.17. The molecule has 17 heavy (non-hydrogen) atoms. The van der Waals surface area contributed by atoms with E-state index in [9.17, 15) is 0 Å². The van der Waals surface area contributed by atoms with Gasteiger partial charge >= 0.3 is 0 Å². The number of hydrogen-bond donors (Lipinski definition) is 2. The molecule has 2 aromatic heterocycles. The molecule has 1 aromatic carbocycles. The van der Waals surface area contributed by atoms with E-state index in [2.05, 4.69) is 20.2 Å². The molecule has 5 heteroatoms. The molecule has 5 nitrogen and oxygen atoms in total. The molecule has 0 fully saturated rings. The largest absolute Gasteiger partial charge is 0.497 e. The molecule has 0 aliphatic carbocycles. The topological polar surface area (TPSA) is 66.6 Å². The van der Waals surface area contributed by atoms with Crippen molar-refractivity contribution in [3.63, 3.8) is 0 Å². The first-order valence-electron chi connectivity index (χ1n) is 5.32. The fraction of sp³-hybridized carbons (Fsp3) is 0.167. The van der Waals surface area contributed by atoms with Crippen LogP contribution < -0.4 is 4.74 Å². The Hall–Kier alpha value is -2.30. The van der Waals surface area contributed by atoms with E-state index < -0.39 is 0 Å². The number of nitrogens with one attached hydrogen (secondary N) is 2. The van der Waals surface area contributed by atoms with Crippen LogP contribution in [0.5, 0.6) is 5.75 Å². The van der Waals surface area contributed by atoms with Gasteiger partial charge in [-0.1, -0.05) is 0 Å². The minimum Gasteiger partial charge on any atom is -0.497 e. The molecule has 3 aromatic rings. The summed E-state index contributed by atoms with van der Waals surface area (Å²) in [6.45, 7) is 1.97. The molecule has 0 amide bonds. The molecule has 0 aliphatic rings. The Morgan fingerprint density at radius 1 is 1.29 bits per heavy atom. The fourth-order valence-electron chi connectivity index (χ4n) is 1.83. The van der Waals surface area contributed by atoms with Gasteiger partial charge in [0.15, 0.2) is 0 Å². The Labute approximate surface area is 97.8 Å². The van der Waals surface area contributed by atoms with Crippen molar-refractivity contribution >= 4 is 11.0 Å². The molecular formula is C12H12N4O. The maximum absolute atomic E-state index is 5.18. The standard InChI is InChI=1S/C12H12N4O/c1-7-9(6-13-16-7)12-14-10-4-3-8(17-2)5-11(10)15-12/h3-6H,1-2H3,(H,13,16)(H,14,15). The van der Waals surface area contributed by atoms with Crippen LogP contribution in [0.3, 0.4) is 0 Å². The lowest BCUT2D eigenvalue weighted by molar-refractivity contribution is 0.415. The molecule has 0 unspecified atom stereocenters. The highest BCUT2D eigenvalue weighted by Gasteiger charge is 2.09. The number of imidazole rings is 1. The molecule has 2 N–H and O–H groups in total. The second kappa shape index (κ2) is 3.62. The first-order valence-corrected chi connectivity index (χ1v) is 5.32. The van der Waals surface area contributed by atoms with Crippen LogP contribution in [0.4, 0.5) is 0 Å². The van der Waals surface area contributed by atoms with Crippen LogP contribution in [0, 0.1) is 6.92 Å². The minimum atomic E-state index is 0.816. The van der Waals surface area contributed by atoms with E-state index in [1.165, 1.54) is 0 Å². The van der Waals surface area contributed by atoms with Crippen molar-refractivity contribution in [1.29, 1.82) is 0 Å². The molecule has 0 atom stereocenters. The van der Waals surface area contributed by atoms with Gasteiger partial charge in [0.2, 0.25) is 0 Å². The molecule has 0 aliphatic heterocycles. The van der Waals surface area contributed by atoms with E-state index in [4.69, 9.17) is 4.74 Å². The van der Waals surface area contributed by atoms with Crippen LogP contribution in [0.2, 0.25) is 0 Å². The molecule has 0 radical (unpaired) electrons. The van der Waals surface area contributed by atoms with Gasteiger partial charge in [-0.15, -0.1) is 0 Å². The van der Waals surface area contributed by atoms with Gasteiger partial charge in [-0.25, -0.2) is 4.98 Å². The van der Waals surface area contributed by atoms with E-state index in [1.54, 1.807) is 13.3 Å². The normalized spacial score (nSPS) is 10.9. The number of aromatic amines is 2. The average molecular weight is 228 g/mol. The highest BCUT2D eigenvalue weighted by molar-refractivity contribution is 5.80. The molecule has 0 bridgehead atoms. The van der Waals surface area contributed by atoms with Crippen molar-refractivity contribution in [2.75, 3.05) is 7.11 Å². The summed E-state index contributed by atoms with van der Waals surface area (Å²) in [6, 6.07) is 5.76. The second-order valence-corrected chi connectivity index (χ2v) is 3.88. The molecule has 86 valence electrons. The quantitative estimate of drug-likeness (QED) is 0.707. The highest BCUT2D eigenvalue weighted by atomic mass is 16.5. The number of hydrogen-bond acceptors (Lipinski definition) is 3. The fourth-order valence-corrected chi connectivity index (χ4v) is 1.83. The summed E-state index contributed by atoms with van der Waals surface area (Å²) in [6.07, 6.45) is 1.77. The van der Waals surface area contributed by atoms with Crippen LogP contribution in [0.15, 0.2) is 24.4 Å². The van der Waals surface area contributed by atoms with E-state index >= 15 is 0 Å². The van der Waals surface area contributed by atoms with Gasteiger partial charge in [0, 0.05) is 11.8 Å². The summed E-state index contributed by atoms with van der Waals surface area (Å²) in [7, 11) is 1.65. The number of benzene rings is 1. The van der Waals surface area contributed by atoms with Crippen LogP contribution in [0.1, 0.15) is 5.69 Å². The van der Waals surface area contributed by atoms with Gasteiger partial charge in [0.1, 0.15) is 11.6 Å². The minimum absolute atomic E-state index is 0.816. The van der Waals surface area contributed by atoms with Crippen molar-refractivity contribution in [3.8, 4) is 17.1 Å². The first kappa shape index (κ1) is 9.89. The van der Waals surface area contributed by atoms with Gasteiger partial charge < -0.3 is 9.72 Å². The van der Waals surface area contributed by atoms with Crippen molar-refractivity contribution in [2.24, 2.45) is 0 Å². The number of rotatable bonds is 2. The number of aryl methyl sites for hydroxylation is 1. The third-order valence-electron chi connectivity index (χ3n) is 2.77. The number of fused-ring (bicyclic) bond motifs is 1. The molecule has 0 saturated heterocycles. The first-order chi connectivity index (χ1) is 8.28. The molecule has 0 spiro atoms. The van der Waals surface area contributed by atoms with Crippen molar-refractivity contribution in [1.82, 2.24) is 20.2 Å². The van der Waals surface area contributed by atoms with Gasteiger partial charge in [-0.2, -0.15) is 5.10 Å². The number of aromatic nitrogens is 4. The monoisotopic (exact) mass is 228 g/mol. The lowest BCUT2D eigenvalue weighted by atomic mass is 10.2. The summed E-state index contributed by atoms with van der Waals surface area (Å²) >= 11 is 0. The Morgan fingerprint density at radius 2 is 2.18 bits per heavy atom. The number of methoxy groups -OCH3 is 1. The molecule has 0 saturated carbocycles. The molecule has 3 rings (SSSR count). The van der Waals surface area contributed by atoms with Crippen molar-refractivity contribution in [3.05, 3.63) is 30.1 Å². The third kappa shape index (κ3) is 1.56. The van der Waals surface area contributed by atoms with Crippen molar-refractivity contribution in [2.45, 2.75) is 6.92 Å². The predicted molar refractivity (Wildman–Crippen MR) is 65.0 cm³/mol. The maximum Gasteiger partial charge on any atom is 0.141 e. The predicted octanol–water partition coefficient (Wildman–Crippen LogP) is 2.27. The van der Waals surface area contributed by atoms with Crippen LogP contribution in [-0.4, -0.2) is 27.3 Å². The summed E-state index contributed by atoms with van der Waals surface area (Å²) in [5.74, 6) is 1.64. The zero-order chi connectivity index (χ0) is 11.8. The number of ether oxygens (including phenoxy) is 1. The van der Waals surface area contributed by atoms with Gasteiger partial charge in [0.25, 0.3) is 0 Å². The molecular weight excluding hydrogens is 216 g/mol. The smallest absolute Gasteiger partial charge is 0.141 e. The summed E-state index contributed by atoms with van der Waals surface area (Å²) in [5, 5.41) is 6.89. The third-order valence-corrected chi connectivity index (χ3v) is 2.77. The van der Waals surface area contributed by atoms with E-state index in [0.717, 1.165) is 33.9 Å². The van der Waals surface area contributed by atoms with Crippen LogP contribution in [0.25, 0.3) is 22.4 Å².